The first-order chi connectivity index (χ1) is 10.0. The maximum Gasteiger partial charge on any atom is 0.0650 e. The molecule has 112 valence electrons. The molecule has 3 nitrogen and oxygen atoms in total. The SMILES string of the molecule is CC1CC(C)(C)CCC1Nc1ccc(-c2ccn[nH]2)cc1. The van der Waals surface area contributed by atoms with E-state index in [0.717, 1.165) is 11.6 Å². The van der Waals surface area contributed by atoms with Crippen molar-refractivity contribution in [3.05, 3.63) is 36.5 Å². The van der Waals surface area contributed by atoms with Crippen LogP contribution in [0.2, 0.25) is 0 Å². The van der Waals surface area contributed by atoms with Crippen LogP contribution in [0.15, 0.2) is 36.5 Å². The summed E-state index contributed by atoms with van der Waals surface area (Å²) in [6, 6.07) is 11.2. The average molecular weight is 283 g/mol. The Morgan fingerprint density at radius 3 is 2.57 bits per heavy atom. The fourth-order valence-corrected chi connectivity index (χ4v) is 3.54. The minimum absolute atomic E-state index is 0.502. The van der Waals surface area contributed by atoms with Gasteiger partial charge < -0.3 is 5.32 Å². The number of nitrogens with zero attached hydrogens (tertiary/aromatic N) is 1. The second-order valence-electron chi connectivity index (χ2n) is 7.18. The lowest BCUT2D eigenvalue weighted by molar-refractivity contribution is 0.177. The smallest absolute Gasteiger partial charge is 0.0650 e. The van der Waals surface area contributed by atoms with Gasteiger partial charge in [-0.15, -0.1) is 0 Å². The van der Waals surface area contributed by atoms with E-state index in [1.807, 2.05) is 6.07 Å². The van der Waals surface area contributed by atoms with Gasteiger partial charge in [-0.3, -0.25) is 5.10 Å². The Hall–Kier alpha value is -1.77. The van der Waals surface area contributed by atoms with Gasteiger partial charge in [-0.05, 0) is 54.4 Å². The van der Waals surface area contributed by atoms with Gasteiger partial charge in [0.2, 0.25) is 0 Å². The zero-order chi connectivity index (χ0) is 14.9. The molecular formula is C18H25N3. The van der Waals surface area contributed by atoms with Crippen LogP contribution < -0.4 is 5.32 Å². The Bertz CT molecular complexity index is 569. The maximum absolute atomic E-state index is 4.00. The standard InChI is InChI=1S/C18H25N3/c1-13-12-18(2,3)10-8-16(13)20-15-6-4-14(5-7-15)17-9-11-19-21-17/h4-7,9,11,13,16,20H,8,10,12H2,1-3H3,(H,19,21). The molecule has 0 saturated heterocycles. The Kier molecular flexibility index (Phi) is 3.75. The molecule has 2 atom stereocenters. The van der Waals surface area contributed by atoms with E-state index in [4.69, 9.17) is 0 Å². The minimum Gasteiger partial charge on any atom is -0.382 e. The number of rotatable bonds is 3. The second kappa shape index (κ2) is 5.55. The fraction of sp³-hybridized carbons (Fsp3) is 0.500. The third kappa shape index (κ3) is 3.29. The highest BCUT2D eigenvalue weighted by molar-refractivity contribution is 5.62. The Morgan fingerprint density at radius 1 is 1.19 bits per heavy atom. The molecule has 1 aliphatic carbocycles. The molecule has 1 fully saturated rings. The van der Waals surface area contributed by atoms with Crippen molar-refractivity contribution in [2.24, 2.45) is 11.3 Å². The summed E-state index contributed by atoms with van der Waals surface area (Å²) >= 11 is 0. The summed E-state index contributed by atoms with van der Waals surface area (Å²) in [6.45, 7) is 7.15. The van der Waals surface area contributed by atoms with Crippen LogP contribution in [0, 0.1) is 11.3 Å². The third-order valence-electron chi connectivity index (χ3n) is 4.74. The highest BCUT2D eigenvalue weighted by atomic mass is 15.1. The molecule has 1 heterocycles. The quantitative estimate of drug-likeness (QED) is 0.857. The van der Waals surface area contributed by atoms with E-state index in [0.29, 0.717) is 11.5 Å². The highest BCUT2D eigenvalue weighted by Crippen LogP contribution is 2.39. The molecule has 1 saturated carbocycles. The van der Waals surface area contributed by atoms with Gasteiger partial charge in [0, 0.05) is 17.9 Å². The van der Waals surface area contributed by atoms with Gasteiger partial charge in [0.1, 0.15) is 0 Å². The summed E-state index contributed by atoms with van der Waals surface area (Å²) in [6.07, 6.45) is 5.65. The van der Waals surface area contributed by atoms with Crippen LogP contribution in [0.25, 0.3) is 11.3 Å². The van der Waals surface area contributed by atoms with Crippen molar-refractivity contribution in [3.63, 3.8) is 0 Å². The van der Waals surface area contributed by atoms with Crippen molar-refractivity contribution in [2.75, 3.05) is 5.32 Å². The first-order valence-corrected chi connectivity index (χ1v) is 7.90. The highest BCUT2D eigenvalue weighted by Gasteiger charge is 2.32. The lowest BCUT2D eigenvalue weighted by Crippen LogP contribution is -2.36. The van der Waals surface area contributed by atoms with E-state index in [1.165, 1.54) is 30.5 Å². The molecule has 2 N–H and O–H groups in total. The Morgan fingerprint density at radius 2 is 1.95 bits per heavy atom. The van der Waals surface area contributed by atoms with Gasteiger partial charge in [0.25, 0.3) is 0 Å². The van der Waals surface area contributed by atoms with Crippen molar-refractivity contribution in [2.45, 2.75) is 46.1 Å². The molecule has 2 unspecified atom stereocenters. The summed E-state index contributed by atoms with van der Waals surface area (Å²) in [5.41, 5.74) is 3.96. The van der Waals surface area contributed by atoms with Crippen LogP contribution in [0.3, 0.4) is 0 Å². The average Bonchev–Trinajstić information content (AvgIpc) is 2.96. The van der Waals surface area contributed by atoms with Gasteiger partial charge in [0.05, 0.1) is 5.69 Å². The van der Waals surface area contributed by atoms with Crippen molar-refractivity contribution in [1.29, 1.82) is 0 Å². The number of nitrogens with one attached hydrogen (secondary N) is 2. The summed E-state index contributed by atoms with van der Waals surface area (Å²) < 4.78 is 0. The molecule has 3 heteroatoms. The number of H-pyrrole nitrogens is 1. The monoisotopic (exact) mass is 283 g/mol. The number of benzene rings is 1. The van der Waals surface area contributed by atoms with Crippen LogP contribution >= 0.6 is 0 Å². The Balaban J connectivity index is 1.66. The zero-order valence-corrected chi connectivity index (χ0v) is 13.2. The molecule has 21 heavy (non-hydrogen) atoms. The van der Waals surface area contributed by atoms with E-state index >= 15 is 0 Å². The Labute approximate surface area is 127 Å². The lowest BCUT2D eigenvalue weighted by atomic mass is 9.70. The van der Waals surface area contributed by atoms with Crippen LogP contribution in [-0.4, -0.2) is 16.2 Å². The molecule has 3 rings (SSSR count). The van der Waals surface area contributed by atoms with Gasteiger partial charge in [-0.1, -0.05) is 32.9 Å². The van der Waals surface area contributed by atoms with Crippen LogP contribution in [0.1, 0.15) is 40.0 Å². The van der Waals surface area contributed by atoms with Gasteiger partial charge in [-0.2, -0.15) is 5.10 Å². The van der Waals surface area contributed by atoms with Crippen LogP contribution in [-0.2, 0) is 0 Å². The summed E-state index contributed by atoms with van der Waals surface area (Å²) in [5, 5.41) is 10.7. The number of hydrogen-bond acceptors (Lipinski definition) is 2. The van der Waals surface area contributed by atoms with E-state index in [2.05, 4.69) is 60.6 Å². The first kappa shape index (κ1) is 14.2. The molecule has 1 aromatic carbocycles. The molecule has 0 amide bonds. The van der Waals surface area contributed by atoms with Crippen LogP contribution in [0.4, 0.5) is 5.69 Å². The predicted molar refractivity (Wildman–Crippen MR) is 88.2 cm³/mol. The van der Waals surface area contributed by atoms with Gasteiger partial charge in [0.15, 0.2) is 0 Å². The number of aromatic nitrogens is 2. The van der Waals surface area contributed by atoms with Crippen molar-refractivity contribution < 1.29 is 0 Å². The molecule has 2 aromatic rings. The molecule has 0 aliphatic heterocycles. The van der Waals surface area contributed by atoms with E-state index in [1.54, 1.807) is 6.20 Å². The predicted octanol–water partition coefficient (Wildman–Crippen LogP) is 4.70. The van der Waals surface area contributed by atoms with E-state index in [-0.39, 0.29) is 0 Å². The summed E-state index contributed by atoms with van der Waals surface area (Å²) in [4.78, 5) is 0. The first-order valence-electron chi connectivity index (χ1n) is 7.90. The molecular weight excluding hydrogens is 258 g/mol. The number of hydrogen-bond donors (Lipinski definition) is 2. The topological polar surface area (TPSA) is 40.7 Å². The lowest BCUT2D eigenvalue weighted by Gasteiger charge is -2.40. The maximum atomic E-state index is 4.00. The van der Waals surface area contributed by atoms with Gasteiger partial charge in [-0.25, -0.2) is 0 Å². The summed E-state index contributed by atoms with van der Waals surface area (Å²) in [7, 11) is 0. The van der Waals surface area contributed by atoms with Crippen molar-refractivity contribution in [3.8, 4) is 11.3 Å². The number of anilines is 1. The zero-order valence-electron chi connectivity index (χ0n) is 13.2. The van der Waals surface area contributed by atoms with Crippen LogP contribution in [0.5, 0.6) is 0 Å². The fourth-order valence-electron chi connectivity index (χ4n) is 3.54. The second-order valence-corrected chi connectivity index (χ2v) is 7.18. The third-order valence-corrected chi connectivity index (χ3v) is 4.74. The molecule has 1 aromatic heterocycles. The molecule has 0 bridgehead atoms. The largest absolute Gasteiger partial charge is 0.382 e. The van der Waals surface area contributed by atoms with Gasteiger partial charge >= 0.3 is 0 Å². The van der Waals surface area contributed by atoms with E-state index < -0.39 is 0 Å². The molecule has 0 spiro atoms. The minimum atomic E-state index is 0.502. The van der Waals surface area contributed by atoms with Crippen molar-refractivity contribution >= 4 is 5.69 Å². The van der Waals surface area contributed by atoms with E-state index in [9.17, 15) is 0 Å². The molecule has 1 aliphatic rings. The number of aromatic amines is 1. The molecule has 0 radical (unpaired) electrons. The normalized spacial score (nSPS) is 24.7. The summed E-state index contributed by atoms with van der Waals surface area (Å²) in [5.74, 6) is 0.723. The van der Waals surface area contributed by atoms with Crippen molar-refractivity contribution in [1.82, 2.24) is 10.2 Å².